The van der Waals surface area contributed by atoms with Crippen LogP contribution in [0.1, 0.15) is 16.8 Å². The molecule has 0 saturated carbocycles. The highest BCUT2D eigenvalue weighted by atomic mass is 32.2. The van der Waals surface area contributed by atoms with E-state index in [2.05, 4.69) is 15.0 Å². The fourth-order valence-electron chi connectivity index (χ4n) is 2.35. The molecule has 0 unspecified atom stereocenters. The van der Waals surface area contributed by atoms with Gasteiger partial charge in [-0.2, -0.15) is 4.31 Å². The number of hydrogen-bond donors (Lipinski definition) is 1. The molecule has 0 aliphatic carbocycles. The lowest BCUT2D eigenvalue weighted by Gasteiger charge is -2.27. The van der Waals surface area contributed by atoms with E-state index >= 15 is 0 Å². The van der Waals surface area contributed by atoms with Gasteiger partial charge in [0, 0.05) is 39.5 Å². The zero-order valence-electron chi connectivity index (χ0n) is 14.4. The first-order valence-electron chi connectivity index (χ1n) is 7.89. The average molecular weight is 373 g/mol. The molecule has 0 amide bonds. The van der Waals surface area contributed by atoms with E-state index < -0.39 is 16.0 Å². The Morgan fingerprint density at radius 2 is 2.08 bits per heavy atom. The number of nitrogens with zero attached hydrogens (tertiary/aromatic N) is 2. The Balaban J connectivity index is 2.34. The van der Waals surface area contributed by atoms with Gasteiger partial charge < -0.3 is 19.5 Å². The molecule has 10 heteroatoms. The maximum atomic E-state index is 13.0. The standard InChI is InChI=1S/C15H23N3O6S/c1-22-7-3-4-16-14-13(10-12(11-17-14)15(19)23-2)25(20,21)18-5-8-24-9-6-18/h10-11H,3-9H2,1-2H3,(H,16,17). The normalized spacial score (nSPS) is 15.8. The summed E-state index contributed by atoms with van der Waals surface area (Å²) in [4.78, 5) is 15.8. The van der Waals surface area contributed by atoms with Crippen molar-refractivity contribution < 1.29 is 27.4 Å². The zero-order chi connectivity index (χ0) is 18.3. The number of morpholine rings is 1. The number of rotatable bonds is 8. The maximum Gasteiger partial charge on any atom is 0.339 e. The molecule has 9 nitrogen and oxygen atoms in total. The van der Waals surface area contributed by atoms with Crippen LogP contribution in [0, 0.1) is 0 Å². The Hall–Kier alpha value is -1.75. The summed E-state index contributed by atoms with van der Waals surface area (Å²) in [6.45, 7) is 2.21. The third kappa shape index (κ3) is 4.88. The minimum atomic E-state index is -3.81. The highest BCUT2D eigenvalue weighted by Gasteiger charge is 2.30. The van der Waals surface area contributed by atoms with Gasteiger partial charge in [0.15, 0.2) is 0 Å². The van der Waals surface area contributed by atoms with E-state index in [4.69, 9.17) is 9.47 Å². The van der Waals surface area contributed by atoms with Crippen molar-refractivity contribution >= 4 is 21.8 Å². The zero-order valence-corrected chi connectivity index (χ0v) is 15.2. The number of carbonyl (C=O) groups excluding carboxylic acids is 1. The number of nitrogens with one attached hydrogen (secondary N) is 1. The summed E-state index contributed by atoms with van der Waals surface area (Å²) in [5.41, 5.74) is 0.0803. The molecule has 1 aromatic rings. The van der Waals surface area contributed by atoms with Crippen molar-refractivity contribution in [2.45, 2.75) is 11.3 Å². The molecular formula is C15H23N3O6S. The van der Waals surface area contributed by atoms with Crippen molar-refractivity contribution in [3.63, 3.8) is 0 Å². The fraction of sp³-hybridized carbons (Fsp3) is 0.600. The van der Waals surface area contributed by atoms with Gasteiger partial charge in [0.25, 0.3) is 0 Å². The Bertz CT molecular complexity index is 689. The first-order chi connectivity index (χ1) is 12.0. The van der Waals surface area contributed by atoms with Crippen LogP contribution < -0.4 is 5.32 Å². The molecule has 1 aromatic heterocycles. The van der Waals surface area contributed by atoms with Crippen LogP contribution in [0.5, 0.6) is 0 Å². The number of ether oxygens (including phenoxy) is 3. The minimum Gasteiger partial charge on any atom is -0.465 e. The van der Waals surface area contributed by atoms with Crippen molar-refractivity contribution in [1.82, 2.24) is 9.29 Å². The molecule has 1 N–H and O–H groups in total. The van der Waals surface area contributed by atoms with Crippen LogP contribution >= 0.6 is 0 Å². The topological polar surface area (TPSA) is 107 Å². The van der Waals surface area contributed by atoms with Crippen molar-refractivity contribution in [3.8, 4) is 0 Å². The lowest BCUT2D eigenvalue weighted by Crippen LogP contribution is -2.41. The first kappa shape index (κ1) is 19.6. The van der Waals surface area contributed by atoms with Gasteiger partial charge in [0.05, 0.1) is 25.9 Å². The molecule has 0 spiro atoms. The molecule has 1 aliphatic rings. The molecular weight excluding hydrogens is 350 g/mol. The van der Waals surface area contributed by atoms with E-state index in [1.807, 2.05) is 0 Å². The van der Waals surface area contributed by atoms with Crippen molar-refractivity contribution in [3.05, 3.63) is 17.8 Å². The number of esters is 1. The average Bonchev–Trinajstić information content (AvgIpc) is 2.65. The Morgan fingerprint density at radius 1 is 1.36 bits per heavy atom. The molecule has 0 atom stereocenters. The molecule has 2 heterocycles. The minimum absolute atomic E-state index is 0.0466. The molecule has 0 bridgehead atoms. The van der Waals surface area contributed by atoms with Crippen LogP contribution in [-0.2, 0) is 24.2 Å². The van der Waals surface area contributed by atoms with E-state index in [1.165, 1.54) is 23.7 Å². The second-order valence-electron chi connectivity index (χ2n) is 5.35. The van der Waals surface area contributed by atoms with Crippen LogP contribution in [0.3, 0.4) is 0 Å². The number of aromatic nitrogens is 1. The molecule has 2 rings (SSSR count). The first-order valence-corrected chi connectivity index (χ1v) is 9.33. The summed E-state index contributed by atoms with van der Waals surface area (Å²) < 4.78 is 42.1. The molecule has 0 radical (unpaired) electrons. The van der Waals surface area contributed by atoms with Gasteiger partial charge >= 0.3 is 5.97 Å². The Labute approximate surface area is 147 Å². The van der Waals surface area contributed by atoms with Gasteiger partial charge in [0.1, 0.15) is 10.7 Å². The monoisotopic (exact) mass is 373 g/mol. The second-order valence-corrected chi connectivity index (χ2v) is 7.26. The van der Waals surface area contributed by atoms with Crippen LogP contribution in [0.4, 0.5) is 5.82 Å². The van der Waals surface area contributed by atoms with Crippen LogP contribution in [-0.4, -0.2) is 77.4 Å². The van der Waals surface area contributed by atoms with Gasteiger partial charge in [-0.25, -0.2) is 18.2 Å². The summed E-state index contributed by atoms with van der Waals surface area (Å²) >= 11 is 0. The Kier molecular flexibility index (Phi) is 7.12. The summed E-state index contributed by atoms with van der Waals surface area (Å²) in [7, 11) is -0.984. The lowest BCUT2D eigenvalue weighted by molar-refractivity contribution is 0.0600. The smallest absolute Gasteiger partial charge is 0.339 e. The van der Waals surface area contributed by atoms with E-state index in [9.17, 15) is 13.2 Å². The number of pyridine rings is 1. The third-order valence-electron chi connectivity index (χ3n) is 3.68. The molecule has 1 aliphatic heterocycles. The number of hydrogen-bond acceptors (Lipinski definition) is 8. The van der Waals surface area contributed by atoms with E-state index in [-0.39, 0.29) is 29.4 Å². The van der Waals surface area contributed by atoms with E-state index in [1.54, 1.807) is 7.11 Å². The molecule has 1 saturated heterocycles. The summed E-state index contributed by atoms with van der Waals surface area (Å²) in [5.74, 6) is -0.438. The maximum absolute atomic E-state index is 13.0. The predicted octanol–water partition coefficient (Wildman–Crippen LogP) is 0.338. The quantitative estimate of drug-likeness (QED) is 0.513. The fourth-order valence-corrected chi connectivity index (χ4v) is 3.91. The lowest BCUT2D eigenvalue weighted by atomic mass is 10.3. The van der Waals surface area contributed by atoms with E-state index in [0.717, 1.165) is 0 Å². The van der Waals surface area contributed by atoms with Gasteiger partial charge in [-0.15, -0.1) is 0 Å². The highest BCUT2D eigenvalue weighted by Crippen LogP contribution is 2.25. The van der Waals surface area contributed by atoms with Crippen molar-refractivity contribution in [2.24, 2.45) is 0 Å². The highest BCUT2D eigenvalue weighted by molar-refractivity contribution is 7.89. The van der Waals surface area contributed by atoms with Crippen molar-refractivity contribution in [2.75, 3.05) is 59.0 Å². The number of methoxy groups -OCH3 is 2. The largest absolute Gasteiger partial charge is 0.465 e. The molecule has 25 heavy (non-hydrogen) atoms. The van der Waals surface area contributed by atoms with Gasteiger partial charge in [0.2, 0.25) is 10.0 Å². The van der Waals surface area contributed by atoms with Crippen LogP contribution in [0.25, 0.3) is 0 Å². The van der Waals surface area contributed by atoms with Crippen molar-refractivity contribution in [1.29, 1.82) is 0 Å². The summed E-state index contributed by atoms with van der Waals surface area (Å²) in [5, 5.41) is 3.00. The van der Waals surface area contributed by atoms with Gasteiger partial charge in [-0.1, -0.05) is 0 Å². The predicted molar refractivity (Wildman–Crippen MR) is 90.1 cm³/mol. The molecule has 140 valence electrons. The second kappa shape index (κ2) is 9.09. The van der Waals surface area contributed by atoms with Gasteiger partial charge in [-0.05, 0) is 12.5 Å². The van der Waals surface area contributed by atoms with Gasteiger partial charge in [-0.3, -0.25) is 0 Å². The molecule has 0 aromatic carbocycles. The SMILES string of the molecule is COCCCNc1ncc(C(=O)OC)cc1S(=O)(=O)N1CCOCC1. The summed E-state index contributed by atoms with van der Waals surface area (Å²) in [6, 6.07) is 1.29. The summed E-state index contributed by atoms with van der Waals surface area (Å²) in [6.07, 6.45) is 1.98. The third-order valence-corrected chi connectivity index (χ3v) is 5.59. The molecule has 1 fully saturated rings. The van der Waals surface area contributed by atoms with Crippen LogP contribution in [0.2, 0.25) is 0 Å². The number of sulfonamides is 1. The van der Waals surface area contributed by atoms with E-state index in [0.29, 0.717) is 32.8 Å². The number of anilines is 1. The Morgan fingerprint density at radius 3 is 2.72 bits per heavy atom. The van der Waals surface area contributed by atoms with Crippen LogP contribution in [0.15, 0.2) is 17.2 Å². The number of carbonyl (C=O) groups is 1.